The summed E-state index contributed by atoms with van der Waals surface area (Å²) in [4.78, 5) is 21.9. The Morgan fingerprint density at radius 2 is 1.22 bits per heavy atom. The van der Waals surface area contributed by atoms with Gasteiger partial charge in [-0.1, -0.05) is 92.4 Å². The minimum atomic E-state index is 0. The molecule has 0 fully saturated rings. The molecule has 0 unspecified atom stereocenters. The van der Waals surface area contributed by atoms with Crippen molar-refractivity contribution in [1.82, 2.24) is 29.3 Å². The zero-order valence-corrected chi connectivity index (χ0v) is 30.9. The average Bonchev–Trinajstić information content (AvgIpc) is 3.82. The molecule has 0 saturated heterocycles. The summed E-state index contributed by atoms with van der Waals surface area (Å²) >= 11 is 0. The van der Waals surface area contributed by atoms with E-state index in [0.29, 0.717) is 6.42 Å². The van der Waals surface area contributed by atoms with Crippen LogP contribution in [0.4, 0.5) is 0 Å². The molecule has 0 saturated carbocycles. The van der Waals surface area contributed by atoms with Gasteiger partial charge in [-0.05, 0) is 52.9 Å². The van der Waals surface area contributed by atoms with Gasteiger partial charge in [0.15, 0.2) is 0 Å². The van der Waals surface area contributed by atoms with E-state index in [4.69, 9.17) is 9.47 Å². The molecule has 0 radical (unpaired) electrons. The number of carbonyl (C=O) groups excluding carboxylic acids is 1. The molecule has 282 valence electrons. The maximum atomic E-state index is 10.1. The highest BCUT2D eigenvalue weighted by Gasteiger charge is 2.19. The third-order valence-electron chi connectivity index (χ3n) is 9.60. The fourth-order valence-electron chi connectivity index (χ4n) is 6.72. The third-order valence-corrected chi connectivity index (χ3v) is 9.60. The zero-order chi connectivity index (χ0) is 36.7. The van der Waals surface area contributed by atoms with E-state index in [1.165, 1.54) is 39.7 Å². The molecule has 1 N–H and O–H groups in total. The molecule has 0 spiro atoms. The predicted molar refractivity (Wildman–Crippen MR) is 216 cm³/mol. The van der Waals surface area contributed by atoms with Gasteiger partial charge in [-0.25, -0.2) is 9.97 Å². The smallest absolute Gasteiger partial charge is 0.124 e. The van der Waals surface area contributed by atoms with E-state index in [1.807, 2.05) is 36.5 Å². The monoisotopic (exact) mass is 726 g/mol. The lowest BCUT2D eigenvalue weighted by Crippen LogP contribution is -2.35. The second kappa shape index (κ2) is 20.7. The number of imidazole rings is 2. The van der Waals surface area contributed by atoms with Crippen LogP contribution in [-0.4, -0.2) is 64.1 Å². The second-order valence-corrected chi connectivity index (χ2v) is 13.2. The van der Waals surface area contributed by atoms with Gasteiger partial charge >= 0.3 is 0 Å². The second-order valence-electron chi connectivity index (χ2n) is 13.2. The maximum Gasteiger partial charge on any atom is 0.124 e. The molecular formula is C45H54N6O3. The van der Waals surface area contributed by atoms with E-state index in [1.54, 1.807) is 14.2 Å². The van der Waals surface area contributed by atoms with Crippen LogP contribution >= 0.6 is 0 Å². The minimum absolute atomic E-state index is 0. The summed E-state index contributed by atoms with van der Waals surface area (Å²) in [5.74, 6) is 4.09. The van der Waals surface area contributed by atoms with Crippen molar-refractivity contribution in [2.45, 2.75) is 59.3 Å². The molecule has 9 nitrogen and oxygen atoms in total. The average molecular weight is 727 g/mol. The van der Waals surface area contributed by atoms with E-state index in [9.17, 15) is 4.79 Å². The fraction of sp³-hybridized carbons (Fsp3) is 0.311. The summed E-state index contributed by atoms with van der Waals surface area (Å²) in [5, 5.41) is 3.36. The molecule has 54 heavy (non-hydrogen) atoms. The van der Waals surface area contributed by atoms with Gasteiger partial charge in [0.2, 0.25) is 0 Å². The number of aldehydes is 1. The van der Waals surface area contributed by atoms with Crippen LogP contribution in [0.25, 0.3) is 0 Å². The molecule has 0 aliphatic carbocycles. The van der Waals surface area contributed by atoms with Crippen LogP contribution in [-0.2, 0) is 56.7 Å². The first-order valence-corrected chi connectivity index (χ1v) is 18.4. The van der Waals surface area contributed by atoms with Crippen LogP contribution in [0, 0.1) is 0 Å². The Kier molecular flexibility index (Phi) is 15.2. The number of benzene rings is 4. The highest BCUT2D eigenvalue weighted by Crippen LogP contribution is 2.19. The van der Waals surface area contributed by atoms with Gasteiger partial charge in [-0.15, -0.1) is 0 Å². The molecule has 0 amide bonds. The number of hydrogen-bond donors (Lipinski definition) is 1. The van der Waals surface area contributed by atoms with E-state index < -0.39 is 0 Å². The number of nitrogens with zero attached hydrogens (tertiary/aromatic N) is 5. The summed E-state index contributed by atoms with van der Waals surface area (Å²) in [5.41, 5.74) is 7.59. The summed E-state index contributed by atoms with van der Waals surface area (Å²) in [7, 11) is 3.33. The predicted octanol–water partition coefficient (Wildman–Crippen LogP) is 7.19. The minimum Gasteiger partial charge on any atom is -0.497 e. The molecular weight excluding hydrogens is 673 g/mol. The number of hydrogen-bond acceptors (Lipinski definition) is 7. The maximum absolute atomic E-state index is 10.1. The van der Waals surface area contributed by atoms with Crippen molar-refractivity contribution in [3.8, 4) is 11.5 Å². The van der Waals surface area contributed by atoms with Gasteiger partial charge < -0.3 is 28.7 Å². The van der Waals surface area contributed by atoms with E-state index in [2.05, 4.69) is 114 Å². The van der Waals surface area contributed by atoms with Crippen LogP contribution < -0.4 is 14.8 Å². The Balaban J connectivity index is 0.000000171. The lowest BCUT2D eigenvalue weighted by atomic mass is 10.1. The number of nitrogens with one attached hydrogen (secondary N) is 1. The van der Waals surface area contributed by atoms with Crippen molar-refractivity contribution in [3.05, 3.63) is 167 Å². The van der Waals surface area contributed by atoms with Crippen LogP contribution in [0.15, 0.2) is 122 Å². The molecule has 2 aliphatic rings. The van der Waals surface area contributed by atoms with Gasteiger partial charge in [-0.2, -0.15) is 0 Å². The van der Waals surface area contributed by atoms with Crippen LogP contribution in [0.3, 0.4) is 0 Å². The number of ether oxygens (including phenoxy) is 2. The van der Waals surface area contributed by atoms with E-state index in [0.717, 1.165) is 88.4 Å². The topological polar surface area (TPSA) is 86.4 Å². The van der Waals surface area contributed by atoms with Crippen molar-refractivity contribution >= 4 is 6.29 Å². The third kappa shape index (κ3) is 11.2. The molecule has 0 atom stereocenters. The van der Waals surface area contributed by atoms with Crippen molar-refractivity contribution < 1.29 is 14.3 Å². The van der Waals surface area contributed by atoms with Crippen LogP contribution in [0.1, 0.15) is 52.7 Å². The number of fused-ring (bicyclic) bond motifs is 2. The number of methoxy groups -OCH3 is 2. The van der Waals surface area contributed by atoms with Crippen molar-refractivity contribution in [2.75, 3.05) is 33.9 Å². The number of aromatic nitrogens is 4. The van der Waals surface area contributed by atoms with Gasteiger partial charge in [0.05, 0.1) is 25.6 Å². The first-order chi connectivity index (χ1) is 26.1. The summed E-state index contributed by atoms with van der Waals surface area (Å²) in [6.07, 6.45) is 8.26. The number of carbonyl (C=O) groups is 1. The lowest BCUT2D eigenvalue weighted by Gasteiger charge is -2.29. The molecule has 4 aromatic carbocycles. The van der Waals surface area contributed by atoms with Crippen molar-refractivity contribution in [2.24, 2.45) is 0 Å². The van der Waals surface area contributed by atoms with Crippen LogP contribution in [0.2, 0.25) is 0 Å². The first-order valence-electron chi connectivity index (χ1n) is 18.4. The fourth-order valence-corrected chi connectivity index (χ4v) is 6.72. The van der Waals surface area contributed by atoms with Crippen LogP contribution in [0.5, 0.6) is 11.5 Å². The molecule has 0 bridgehead atoms. The quantitative estimate of drug-likeness (QED) is 0.142. The Morgan fingerprint density at radius 1 is 0.667 bits per heavy atom. The zero-order valence-electron chi connectivity index (χ0n) is 30.9. The molecule has 8 rings (SSSR count). The van der Waals surface area contributed by atoms with Crippen molar-refractivity contribution in [1.29, 1.82) is 0 Å². The molecule has 2 aliphatic heterocycles. The Labute approximate surface area is 320 Å². The number of rotatable bonds is 11. The largest absolute Gasteiger partial charge is 0.497 e. The Hall–Kier alpha value is -5.51. The first kappa shape index (κ1) is 39.7. The Bertz CT molecular complexity index is 2010. The van der Waals surface area contributed by atoms with Gasteiger partial charge in [-0.3, -0.25) is 4.90 Å². The Morgan fingerprint density at radius 3 is 1.83 bits per heavy atom. The highest BCUT2D eigenvalue weighted by atomic mass is 16.5. The summed E-state index contributed by atoms with van der Waals surface area (Å²) in [6.45, 7) is 7.17. The van der Waals surface area contributed by atoms with Crippen molar-refractivity contribution in [3.63, 3.8) is 0 Å². The molecule has 6 aromatic rings. The summed E-state index contributed by atoms with van der Waals surface area (Å²) < 4.78 is 15.0. The van der Waals surface area contributed by atoms with E-state index in [-0.39, 0.29) is 7.43 Å². The van der Waals surface area contributed by atoms with Gasteiger partial charge in [0.1, 0.15) is 29.4 Å². The normalized spacial score (nSPS) is 13.1. The highest BCUT2D eigenvalue weighted by molar-refractivity contribution is 5.55. The lowest BCUT2D eigenvalue weighted by molar-refractivity contribution is -0.107. The molecule has 9 heteroatoms. The molecule has 2 aromatic heterocycles. The standard InChI is InChI=1S/C22H25N3O.C13H15N3.C9H10O2.CH4/c1-26-21-9-5-8-19(14-21)10-11-24-12-13-25-20(17-24)16-23-22(25)15-18-6-3-2-4-7-18;1-2-4-11(5-3-1)8-13-15-10-12-9-14-6-7-16(12)13;1-11-9-4-2-3-8(7-9)5-6-10;/h2-9,14,16H,10-13,15,17H2,1H3;1-5,10,14H,6-9H2;2-4,6-7H,5H2,1H3;1H4. The summed E-state index contributed by atoms with van der Waals surface area (Å²) in [6, 6.07) is 37.0. The van der Waals surface area contributed by atoms with Gasteiger partial charge in [0.25, 0.3) is 0 Å². The SMILES string of the molecule is C.COc1cccc(CC=O)c1.COc1cccc(CCN2CCn3c(cnc3Cc3ccccc3)C2)c1.c1ccc(Cc2ncc3n2CCNC3)cc1. The molecule has 4 heterocycles. The van der Waals surface area contributed by atoms with Gasteiger partial charge in [0, 0.05) is 77.5 Å². The van der Waals surface area contributed by atoms with E-state index >= 15 is 0 Å².